The Hall–Kier alpha value is -2.41. The summed E-state index contributed by atoms with van der Waals surface area (Å²) in [5.41, 5.74) is 2.76. The molecule has 3 rings (SSSR count). The molecule has 0 aliphatic heterocycles. The third-order valence-corrected chi connectivity index (χ3v) is 4.64. The number of nitrogens with one attached hydrogen (secondary N) is 1. The number of carbonyl (C=O) groups is 1. The molecule has 1 unspecified atom stereocenters. The molecule has 4 nitrogen and oxygen atoms in total. The van der Waals surface area contributed by atoms with Crippen molar-refractivity contribution in [2.45, 2.75) is 19.3 Å². The summed E-state index contributed by atoms with van der Waals surface area (Å²) in [7, 11) is 7.24. The van der Waals surface area contributed by atoms with E-state index >= 15 is 0 Å². The van der Waals surface area contributed by atoms with Crippen LogP contribution in [0, 0.1) is 0 Å². The first kappa shape index (κ1) is 18.4. The standard InChI is InChI=1S/C18H15BClF2N3O/c1-8-10-5-4-6-12(14(10)9(2)13(8)16(19)20)23-18(26)11-7-25(3)24-15(11)17(21)22/h4-7,9,17H,1H2,2-3H3,(H,23,26)/b16-13+. The maximum absolute atomic E-state index is 13.1. The van der Waals surface area contributed by atoms with E-state index in [1.807, 2.05) is 13.0 Å². The van der Waals surface area contributed by atoms with Crippen LogP contribution in [-0.2, 0) is 7.05 Å². The number of alkyl halides is 2. The molecule has 2 radical (unpaired) electrons. The minimum atomic E-state index is -2.84. The molecule has 132 valence electrons. The van der Waals surface area contributed by atoms with Crippen LogP contribution in [0.5, 0.6) is 0 Å². The highest BCUT2D eigenvalue weighted by Gasteiger charge is 2.31. The van der Waals surface area contributed by atoms with Gasteiger partial charge in [0.05, 0.1) is 5.56 Å². The molecule has 1 heterocycles. The summed E-state index contributed by atoms with van der Waals surface area (Å²) in [4.78, 5) is 12.7. The summed E-state index contributed by atoms with van der Waals surface area (Å²) in [6, 6.07) is 5.30. The second-order valence-corrected chi connectivity index (χ2v) is 6.49. The summed E-state index contributed by atoms with van der Waals surface area (Å²) < 4.78 is 27.4. The molecule has 0 saturated carbocycles. The molecule has 1 aliphatic rings. The van der Waals surface area contributed by atoms with Crippen molar-refractivity contribution in [1.82, 2.24) is 9.78 Å². The number of rotatable bonds is 3. The van der Waals surface area contributed by atoms with E-state index in [2.05, 4.69) is 17.0 Å². The van der Waals surface area contributed by atoms with Gasteiger partial charge < -0.3 is 5.32 Å². The van der Waals surface area contributed by atoms with Gasteiger partial charge in [-0.1, -0.05) is 25.6 Å². The number of nitrogens with zero attached hydrogens (tertiary/aromatic N) is 2. The topological polar surface area (TPSA) is 46.9 Å². The number of hydrogen-bond donors (Lipinski definition) is 1. The molecule has 1 atom stereocenters. The lowest BCUT2D eigenvalue weighted by Crippen LogP contribution is -2.15. The Bertz CT molecular complexity index is 948. The summed E-state index contributed by atoms with van der Waals surface area (Å²) in [6.07, 6.45) is -1.58. The van der Waals surface area contributed by atoms with Crippen LogP contribution >= 0.6 is 11.6 Å². The van der Waals surface area contributed by atoms with Gasteiger partial charge in [-0.2, -0.15) is 5.10 Å². The molecule has 2 aromatic rings. The fraction of sp³-hybridized carbons (Fsp3) is 0.222. The Morgan fingerprint density at radius 1 is 1.46 bits per heavy atom. The first-order valence-electron chi connectivity index (χ1n) is 7.83. The summed E-state index contributed by atoms with van der Waals surface area (Å²) in [6.45, 7) is 5.91. The molecular weight excluding hydrogens is 358 g/mol. The average Bonchev–Trinajstić information content (AvgIpc) is 3.07. The van der Waals surface area contributed by atoms with Gasteiger partial charge in [0, 0.05) is 24.8 Å². The van der Waals surface area contributed by atoms with Gasteiger partial charge in [-0.25, -0.2) is 8.78 Å². The van der Waals surface area contributed by atoms with Crippen molar-refractivity contribution in [2.75, 3.05) is 5.32 Å². The fourth-order valence-corrected chi connectivity index (χ4v) is 3.61. The van der Waals surface area contributed by atoms with Crippen LogP contribution in [0.15, 0.2) is 41.5 Å². The van der Waals surface area contributed by atoms with Crippen LogP contribution < -0.4 is 5.32 Å². The molecule has 1 N–H and O–H groups in total. The number of amides is 1. The van der Waals surface area contributed by atoms with E-state index in [1.54, 1.807) is 12.1 Å². The zero-order chi connectivity index (χ0) is 19.2. The molecule has 1 aromatic carbocycles. The van der Waals surface area contributed by atoms with E-state index in [0.717, 1.165) is 11.1 Å². The van der Waals surface area contributed by atoms with Crippen molar-refractivity contribution >= 4 is 36.6 Å². The van der Waals surface area contributed by atoms with E-state index in [-0.39, 0.29) is 16.4 Å². The zero-order valence-corrected chi connectivity index (χ0v) is 14.9. The lowest BCUT2D eigenvalue weighted by atomic mass is 9.92. The Balaban J connectivity index is 2.01. The Morgan fingerprint density at radius 3 is 2.77 bits per heavy atom. The molecule has 0 spiro atoms. The van der Waals surface area contributed by atoms with E-state index < -0.39 is 18.0 Å². The predicted molar refractivity (Wildman–Crippen MR) is 98.6 cm³/mol. The number of allylic oxidation sites excluding steroid dienone is 2. The zero-order valence-electron chi connectivity index (χ0n) is 14.2. The Kier molecular flexibility index (Phi) is 4.75. The lowest BCUT2D eigenvalue weighted by Gasteiger charge is -2.14. The summed E-state index contributed by atoms with van der Waals surface area (Å²) in [5.74, 6) is -0.842. The molecular formula is C18H15BClF2N3O. The minimum absolute atomic E-state index is 0.142. The summed E-state index contributed by atoms with van der Waals surface area (Å²) >= 11 is 5.99. The van der Waals surface area contributed by atoms with Crippen molar-refractivity contribution in [3.63, 3.8) is 0 Å². The molecule has 0 fully saturated rings. The summed E-state index contributed by atoms with van der Waals surface area (Å²) in [5, 5.41) is 6.36. The highest BCUT2D eigenvalue weighted by molar-refractivity contribution is 6.53. The van der Waals surface area contributed by atoms with Gasteiger partial charge in [0.25, 0.3) is 12.3 Å². The first-order chi connectivity index (χ1) is 12.2. The minimum Gasteiger partial charge on any atom is -0.322 e. The number of fused-ring (bicyclic) bond motifs is 1. The molecule has 8 heteroatoms. The van der Waals surface area contributed by atoms with E-state index in [9.17, 15) is 13.6 Å². The van der Waals surface area contributed by atoms with E-state index in [4.69, 9.17) is 19.4 Å². The molecule has 26 heavy (non-hydrogen) atoms. The SMILES string of the molecule is [B]/C(Cl)=C1/C(=C)c2cccc(NC(=O)c3cn(C)nc3C(F)F)c2C1C. The van der Waals surface area contributed by atoms with Crippen LogP contribution in [0.25, 0.3) is 5.57 Å². The van der Waals surface area contributed by atoms with Gasteiger partial charge in [0.15, 0.2) is 0 Å². The third-order valence-electron chi connectivity index (χ3n) is 4.44. The smallest absolute Gasteiger partial charge is 0.282 e. The highest BCUT2D eigenvalue weighted by atomic mass is 35.5. The average molecular weight is 374 g/mol. The number of anilines is 1. The van der Waals surface area contributed by atoms with Gasteiger partial charge in [0.1, 0.15) is 13.5 Å². The van der Waals surface area contributed by atoms with Crippen LogP contribution in [0.4, 0.5) is 14.5 Å². The normalized spacial score (nSPS) is 18.2. The van der Waals surface area contributed by atoms with Crippen molar-refractivity contribution in [1.29, 1.82) is 0 Å². The first-order valence-corrected chi connectivity index (χ1v) is 8.20. The number of aromatic nitrogens is 2. The van der Waals surface area contributed by atoms with Crippen molar-refractivity contribution < 1.29 is 13.6 Å². The maximum atomic E-state index is 13.1. The quantitative estimate of drug-likeness (QED) is 0.813. The number of aryl methyl sites for hydroxylation is 1. The number of halogens is 3. The van der Waals surface area contributed by atoms with Gasteiger partial charge in [-0.15, -0.1) is 11.6 Å². The molecule has 0 bridgehead atoms. The predicted octanol–water partition coefficient (Wildman–Crippen LogP) is 4.36. The lowest BCUT2D eigenvalue weighted by molar-refractivity contribution is 0.101. The second-order valence-electron chi connectivity index (χ2n) is 6.09. The van der Waals surface area contributed by atoms with Gasteiger partial charge in [-0.3, -0.25) is 9.48 Å². The highest BCUT2D eigenvalue weighted by Crippen LogP contribution is 2.49. The van der Waals surface area contributed by atoms with Crippen LogP contribution in [0.3, 0.4) is 0 Å². The van der Waals surface area contributed by atoms with Gasteiger partial charge >= 0.3 is 0 Å². The fourth-order valence-electron chi connectivity index (χ4n) is 3.34. The van der Waals surface area contributed by atoms with Crippen molar-refractivity contribution in [2.24, 2.45) is 7.05 Å². The van der Waals surface area contributed by atoms with Gasteiger partial charge in [-0.05, 0) is 33.3 Å². The van der Waals surface area contributed by atoms with Gasteiger partial charge in [0.2, 0.25) is 0 Å². The number of hydrogen-bond acceptors (Lipinski definition) is 2. The Morgan fingerprint density at radius 2 is 2.15 bits per heavy atom. The molecule has 0 saturated heterocycles. The van der Waals surface area contributed by atoms with Crippen LogP contribution in [-0.4, -0.2) is 23.5 Å². The monoisotopic (exact) mass is 373 g/mol. The molecule has 1 aromatic heterocycles. The Labute approximate surface area is 155 Å². The molecule has 1 amide bonds. The van der Waals surface area contributed by atoms with Crippen LogP contribution in [0.1, 0.15) is 46.4 Å². The van der Waals surface area contributed by atoms with Crippen molar-refractivity contribution in [3.8, 4) is 0 Å². The second kappa shape index (κ2) is 6.72. The van der Waals surface area contributed by atoms with Crippen LogP contribution in [0.2, 0.25) is 0 Å². The van der Waals surface area contributed by atoms with E-state index in [1.165, 1.54) is 17.9 Å². The largest absolute Gasteiger partial charge is 0.322 e. The maximum Gasteiger partial charge on any atom is 0.282 e. The molecule has 1 aliphatic carbocycles. The third kappa shape index (κ3) is 2.96. The van der Waals surface area contributed by atoms with Crippen molar-refractivity contribution in [3.05, 3.63) is 63.9 Å². The van der Waals surface area contributed by atoms with E-state index in [0.29, 0.717) is 16.8 Å². The number of carbonyl (C=O) groups excluding carboxylic acids is 1. The number of benzene rings is 1.